The third kappa shape index (κ3) is 2.38. The van der Waals surface area contributed by atoms with Crippen molar-refractivity contribution in [2.45, 2.75) is 25.9 Å². The minimum atomic E-state index is -4.73. The molecule has 2 heterocycles. The molecule has 19 heavy (non-hydrogen) atoms. The van der Waals surface area contributed by atoms with Crippen molar-refractivity contribution < 1.29 is 23.1 Å². The Balaban J connectivity index is 2.15. The number of aliphatic carboxylic acids is 1. The first-order valence-electron chi connectivity index (χ1n) is 5.62. The molecule has 0 bridgehead atoms. The fourth-order valence-electron chi connectivity index (χ4n) is 2.11. The molecule has 106 valence electrons. The van der Waals surface area contributed by atoms with Crippen LogP contribution < -0.4 is 4.90 Å². The minimum absolute atomic E-state index is 0.0143. The molecule has 0 unspecified atom stereocenters. The molecular weight excluding hydrogens is 283 g/mol. The molecule has 1 N–H and O–H groups in total. The number of carboxylic acids is 1. The van der Waals surface area contributed by atoms with Gasteiger partial charge in [-0.25, -0.2) is 4.98 Å². The van der Waals surface area contributed by atoms with Crippen LogP contribution in [0, 0.1) is 12.3 Å². The second-order valence-corrected chi connectivity index (χ2v) is 5.23. The first-order chi connectivity index (χ1) is 8.76. The van der Waals surface area contributed by atoms with Crippen molar-refractivity contribution in [2.24, 2.45) is 5.41 Å². The van der Waals surface area contributed by atoms with Crippen LogP contribution in [-0.2, 0) is 4.79 Å². The number of alkyl halides is 3. The Bertz CT molecular complexity index is 481. The van der Waals surface area contributed by atoms with Gasteiger partial charge in [-0.05, 0) is 19.8 Å². The smallest absolute Gasteiger partial charge is 0.405 e. The van der Waals surface area contributed by atoms with Gasteiger partial charge < -0.3 is 10.0 Å². The Kier molecular flexibility index (Phi) is 3.41. The van der Waals surface area contributed by atoms with Crippen molar-refractivity contribution in [2.75, 3.05) is 18.0 Å². The predicted octanol–water partition coefficient (Wildman–Crippen LogP) is 2.08. The number of halogens is 3. The highest BCUT2D eigenvalue weighted by Gasteiger charge is 2.61. The number of aromatic nitrogens is 2. The summed E-state index contributed by atoms with van der Waals surface area (Å²) in [6, 6.07) is 0. The van der Waals surface area contributed by atoms with Crippen LogP contribution in [0.1, 0.15) is 18.7 Å². The van der Waals surface area contributed by atoms with E-state index < -0.39 is 30.4 Å². The van der Waals surface area contributed by atoms with Gasteiger partial charge >= 0.3 is 12.1 Å². The van der Waals surface area contributed by atoms with Crippen LogP contribution >= 0.6 is 11.5 Å². The number of carbonyl (C=O) groups is 1. The van der Waals surface area contributed by atoms with E-state index in [1.54, 1.807) is 11.8 Å². The standard InChI is InChI=1S/C10H12F3N3O2S/c1-6-14-8(19-15-6)16-4-2-9(3-5-16,7(17)18)10(11,12)13/h2-5H2,1H3,(H,17,18). The molecule has 5 nitrogen and oxygen atoms in total. The second-order valence-electron chi connectivity index (χ2n) is 4.50. The van der Waals surface area contributed by atoms with Crippen LogP contribution in [0.25, 0.3) is 0 Å². The Hall–Kier alpha value is -1.38. The summed E-state index contributed by atoms with van der Waals surface area (Å²) < 4.78 is 42.8. The molecule has 0 saturated carbocycles. The van der Waals surface area contributed by atoms with Gasteiger partial charge in [-0.1, -0.05) is 0 Å². The summed E-state index contributed by atoms with van der Waals surface area (Å²) in [5, 5.41) is 9.46. The molecule has 1 aliphatic heterocycles. The largest absolute Gasteiger partial charge is 0.481 e. The highest BCUT2D eigenvalue weighted by atomic mass is 32.1. The van der Waals surface area contributed by atoms with Crippen LogP contribution in [0.5, 0.6) is 0 Å². The molecule has 0 aromatic carbocycles. The molecule has 0 radical (unpaired) electrons. The van der Waals surface area contributed by atoms with Gasteiger partial charge in [0.2, 0.25) is 5.13 Å². The van der Waals surface area contributed by atoms with Gasteiger partial charge in [0, 0.05) is 24.6 Å². The minimum Gasteiger partial charge on any atom is -0.481 e. The molecular formula is C10H12F3N3O2S. The molecule has 1 fully saturated rings. The van der Waals surface area contributed by atoms with Crippen molar-refractivity contribution >= 4 is 22.6 Å². The first kappa shape index (κ1) is 14.0. The van der Waals surface area contributed by atoms with E-state index in [0.717, 1.165) is 11.5 Å². The van der Waals surface area contributed by atoms with E-state index >= 15 is 0 Å². The van der Waals surface area contributed by atoms with Crippen LogP contribution in [0.4, 0.5) is 18.3 Å². The molecule has 9 heteroatoms. The molecule has 0 amide bonds. The Labute approximate surface area is 111 Å². The molecule has 2 rings (SSSR count). The topological polar surface area (TPSA) is 66.3 Å². The number of anilines is 1. The lowest BCUT2D eigenvalue weighted by atomic mass is 9.78. The Morgan fingerprint density at radius 2 is 2.00 bits per heavy atom. The average Bonchev–Trinajstić information content (AvgIpc) is 2.74. The van der Waals surface area contributed by atoms with E-state index in [1.165, 1.54) is 0 Å². The van der Waals surface area contributed by atoms with E-state index in [2.05, 4.69) is 9.36 Å². The van der Waals surface area contributed by atoms with Crippen molar-refractivity contribution in [1.29, 1.82) is 0 Å². The van der Waals surface area contributed by atoms with Gasteiger partial charge in [0.1, 0.15) is 5.82 Å². The Morgan fingerprint density at radius 3 is 2.37 bits per heavy atom. The third-order valence-electron chi connectivity index (χ3n) is 3.36. The monoisotopic (exact) mass is 295 g/mol. The van der Waals surface area contributed by atoms with Crippen molar-refractivity contribution in [3.63, 3.8) is 0 Å². The van der Waals surface area contributed by atoms with Crippen LogP contribution in [0.2, 0.25) is 0 Å². The number of piperidine rings is 1. The maximum Gasteiger partial charge on any atom is 0.405 e. The lowest BCUT2D eigenvalue weighted by Gasteiger charge is -2.39. The zero-order chi connectivity index (χ0) is 14.3. The van der Waals surface area contributed by atoms with Gasteiger partial charge in [-0.2, -0.15) is 17.5 Å². The normalized spacial score (nSPS) is 19.5. The fourth-order valence-corrected chi connectivity index (χ4v) is 2.84. The van der Waals surface area contributed by atoms with E-state index in [4.69, 9.17) is 5.11 Å². The average molecular weight is 295 g/mol. The second kappa shape index (κ2) is 4.62. The highest BCUT2D eigenvalue weighted by Crippen LogP contribution is 2.47. The van der Waals surface area contributed by atoms with Gasteiger partial charge in [0.15, 0.2) is 5.41 Å². The molecule has 0 aliphatic carbocycles. The SMILES string of the molecule is Cc1nsc(N2CCC(C(=O)O)(C(F)(F)F)CC2)n1. The summed E-state index contributed by atoms with van der Waals surface area (Å²) in [5.74, 6) is -1.24. The van der Waals surface area contributed by atoms with Crippen LogP contribution in [-0.4, -0.2) is 39.7 Å². The number of carboxylic acid groups (broad SMARTS) is 1. The highest BCUT2D eigenvalue weighted by molar-refractivity contribution is 7.09. The van der Waals surface area contributed by atoms with Crippen molar-refractivity contribution in [3.8, 4) is 0 Å². The molecule has 1 aromatic rings. The summed E-state index contributed by atoms with van der Waals surface area (Å²) in [6.45, 7) is 1.72. The maximum absolute atomic E-state index is 13.0. The lowest BCUT2D eigenvalue weighted by Crippen LogP contribution is -2.52. The number of aryl methyl sites for hydroxylation is 1. The quantitative estimate of drug-likeness (QED) is 0.905. The number of hydrogen-bond acceptors (Lipinski definition) is 5. The third-order valence-corrected chi connectivity index (χ3v) is 4.22. The predicted molar refractivity (Wildman–Crippen MR) is 62.2 cm³/mol. The van der Waals surface area contributed by atoms with Gasteiger partial charge in [-0.15, -0.1) is 0 Å². The lowest BCUT2D eigenvalue weighted by molar-refractivity contribution is -0.236. The van der Waals surface area contributed by atoms with E-state index in [-0.39, 0.29) is 13.1 Å². The summed E-state index contributed by atoms with van der Waals surface area (Å²) in [4.78, 5) is 16.8. The molecule has 0 atom stereocenters. The molecule has 1 saturated heterocycles. The van der Waals surface area contributed by atoms with E-state index in [9.17, 15) is 18.0 Å². The van der Waals surface area contributed by atoms with Gasteiger partial charge in [0.05, 0.1) is 0 Å². The van der Waals surface area contributed by atoms with Gasteiger partial charge in [0.25, 0.3) is 0 Å². The molecule has 1 aromatic heterocycles. The van der Waals surface area contributed by atoms with Crippen molar-refractivity contribution in [1.82, 2.24) is 9.36 Å². The van der Waals surface area contributed by atoms with E-state index in [0.29, 0.717) is 11.0 Å². The summed E-state index contributed by atoms with van der Waals surface area (Å²) in [7, 11) is 0. The summed E-state index contributed by atoms with van der Waals surface area (Å²) in [5.41, 5.74) is -2.64. The fraction of sp³-hybridized carbons (Fsp3) is 0.700. The molecule has 1 aliphatic rings. The zero-order valence-corrected chi connectivity index (χ0v) is 10.9. The number of hydrogen-bond donors (Lipinski definition) is 1. The zero-order valence-electron chi connectivity index (χ0n) is 10.1. The summed E-state index contributed by atoms with van der Waals surface area (Å²) in [6.07, 6.45) is -5.67. The van der Waals surface area contributed by atoms with E-state index in [1.807, 2.05) is 0 Å². The van der Waals surface area contributed by atoms with Gasteiger partial charge in [-0.3, -0.25) is 4.79 Å². The maximum atomic E-state index is 13.0. The summed E-state index contributed by atoms with van der Waals surface area (Å²) >= 11 is 1.11. The molecule has 0 spiro atoms. The number of nitrogens with zero attached hydrogens (tertiary/aromatic N) is 3. The first-order valence-corrected chi connectivity index (χ1v) is 6.39. The Morgan fingerprint density at radius 1 is 1.42 bits per heavy atom. The number of rotatable bonds is 2. The van der Waals surface area contributed by atoms with Crippen molar-refractivity contribution in [3.05, 3.63) is 5.82 Å². The van der Waals surface area contributed by atoms with Crippen LogP contribution in [0.15, 0.2) is 0 Å². The van der Waals surface area contributed by atoms with Crippen LogP contribution in [0.3, 0.4) is 0 Å².